The molecule has 0 bridgehead atoms. The lowest BCUT2D eigenvalue weighted by Crippen LogP contribution is -2.53. The monoisotopic (exact) mass is 429 g/mol. The van der Waals surface area contributed by atoms with Gasteiger partial charge in [0.05, 0.1) is 23.6 Å². The molecule has 2 atom stereocenters. The summed E-state index contributed by atoms with van der Waals surface area (Å²) in [5, 5.41) is 14.1. The molecule has 0 aliphatic heterocycles. The summed E-state index contributed by atoms with van der Waals surface area (Å²) < 4.78 is 65.4. The SMILES string of the molecule is N#CC1(NC(=O)[C@H](CS(=O)(=O)CC2CC2)N[C@@H](c2ccc(F)cc2)C(F)F)CC1. The van der Waals surface area contributed by atoms with Gasteiger partial charge in [-0.2, -0.15) is 5.26 Å². The number of sulfone groups is 1. The molecule has 2 saturated carbocycles. The van der Waals surface area contributed by atoms with Crippen LogP contribution in [0.2, 0.25) is 0 Å². The molecule has 1 amide bonds. The van der Waals surface area contributed by atoms with E-state index in [0.717, 1.165) is 37.1 Å². The number of carbonyl (C=O) groups is 1. The van der Waals surface area contributed by atoms with Gasteiger partial charge in [0, 0.05) is 0 Å². The Balaban J connectivity index is 1.80. The Bertz CT molecular complexity index is 892. The maximum absolute atomic E-state index is 13.7. The van der Waals surface area contributed by atoms with Crippen molar-refractivity contribution in [1.29, 1.82) is 5.26 Å². The van der Waals surface area contributed by atoms with E-state index in [9.17, 15) is 26.4 Å². The largest absolute Gasteiger partial charge is 0.336 e. The van der Waals surface area contributed by atoms with Crippen LogP contribution in [0.4, 0.5) is 13.2 Å². The third-order valence-electron chi connectivity index (χ3n) is 5.11. The number of benzene rings is 1. The van der Waals surface area contributed by atoms with Crippen LogP contribution in [0.25, 0.3) is 0 Å². The van der Waals surface area contributed by atoms with Crippen LogP contribution in [0, 0.1) is 23.1 Å². The van der Waals surface area contributed by atoms with Crippen LogP contribution in [0.1, 0.15) is 37.3 Å². The van der Waals surface area contributed by atoms with Gasteiger partial charge in [0.1, 0.15) is 17.4 Å². The quantitative estimate of drug-likeness (QED) is 0.593. The van der Waals surface area contributed by atoms with Crippen molar-refractivity contribution in [3.05, 3.63) is 35.6 Å². The van der Waals surface area contributed by atoms with Gasteiger partial charge in [-0.05, 0) is 49.3 Å². The second kappa shape index (κ2) is 8.32. The summed E-state index contributed by atoms with van der Waals surface area (Å²) in [5.41, 5.74) is -1.03. The number of nitrogens with zero attached hydrogens (tertiary/aromatic N) is 1. The van der Waals surface area contributed by atoms with Gasteiger partial charge in [0.2, 0.25) is 5.91 Å². The molecule has 2 fully saturated rings. The molecule has 29 heavy (non-hydrogen) atoms. The zero-order chi connectivity index (χ0) is 21.2. The topological polar surface area (TPSA) is 99.1 Å². The highest BCUT2D eigenvalue weighted by Crippen LogP contribution is 2.35. The molecule has 2 aliphatic rings. The van der Waals surface area contributed by atoms with Crippen molar-refractivity contribution in [3.63, 3.8) is 0 Å². The Morgan fingerprint density at radius 2 is 1.86 bits per heavy atom. The van der Waals surface area contributed by atoms with E-state index in [2.05, 4.69) is 10.6 Å². The first kappa shape index (κ1) is 21.6. The van der Waals surface area contributed by atoms with Crippen molar-refractivity contribution in [2.45, 2.75) is 49.7 Å². The van der Waals surface area contributed by atoms with Crippen molar-refractivity contribution in [2.24, 2.45) is 5.92 Å². The number of amides is 1. The van der Waals surface area contributed by atoms with Gasteiger partial charge in [-0.15, -0.1) is 0 Å². The Morgan fingerprint density at radius 1 is 1.24 bits per heavy atom. The molecule has 1 aromatic rings. The molecular weight excluding hydrogens is 407 g/mol. The maximum Gasteiger partial charge on any atom is 0.257 e. The number of alkyl halides is 2. The van der Waals surface area contributed by atoms with Gasteiger partial charge in [-0.25, -0.2) is 21.6 Å². The van der Waals surface area contributed by atoms with Gasteiger partial charge >= 0.3 is 0 Å². The first-order valence-corrected chi connectivity index (χ1v) is 11.2. The standard InChI is InChI=1S/C19H22F3N3O3S/c20-14-5-3-13(4-6-14)16(17(21)22)24-15(10-29(27,28)9-12-1-2-12)18(26)25-19(11-23)7-8-19/h3-6,12,15-17,24H,1-2,7-10H2,(H,25,26)/t15-,16-/m0/s1. The highest BCUT2D eigenvalue weighted by atomic mass is 32.2. The zero-order valence-corrected chi connectivity index (χ0v) is 16.4. The molecule has 0 aromatic heterocycles. The lowest BCUT2D eigenvalue weighted by atomic mass is 10.1. The molecule has 10 heteroatoms. The summed E-state index contributed by atoms with van der Waals surface area (Å²) in [7, 11) is -3.68. The predicted octanol–water partition coefficient (Wildman–Crippen LogP) is 2.09. The fourth-order valence-electron chi connectivity index (χ4n) is 3.08. The first-order valence-electron chi connectivity index (χ1n) is 9.36. The lowest BCUT2D eigenvalue weighted by molar-refractivity contribution is -0.123. The van der Waals surface area contributed by atoms with Crippen molar-refractivity contribution < 1.29 is 26.4 Å². The van der Waals surface area contributed by atoms with E-state index < -0.39 is 51.4 Å². The van der Waals surface area contributed by atoms with E-state index in [1.165, 1.54) is 0 Å². The average Bonchev–Trinajstić information content (AvgIpc) is 3.57. The minimum absolute atomic E-state index is 0.0280. The summed E-state index contributed by atoms with van der Waals surface area (Å²) in [5.74, 6) is -2.12. The molecule has 2 aliphatic carbocycles. The van der Waals surface area contributed by atoms with E-state index in [1.54, 1.807) is 0 Å². The highest BCUT2D eigenvalue weighted by Gasteiger charge is 2.46. The second-order valence-electron chi connectivity index (χ2n) is 7.79. The summed E-state index contributed by atoms with van der Waals surface area (Å²) >= 11 is 0. The number of nitrogens with one attached hydrogen (secondary N) is 2. The smallest absolute Gasteiger partial charge is 0.257 e. The summed E-state index contributed by atoms with van der Waals surface area (Å²) in [6.45, 7) is 0. The third kappa shape index (κ3) is 5.93. The van der Waals surface area contributed by atoms with Gasteiger partial charge in [0.25, 0.3) is 6.43 Å². The van der Waals surface area contributed by atoms with E-state index in [0.29, 0.717) is 12.8 Å². The number of hydrogen-bond donors (Lipinski definition) is 2. The van der Waals surface area contributed by atoms with Crippen LogP contribution >= 0.6 is 0 Å². The first-order chi connectivity index (χ1) is 13.6. The molecule has 158 valence electrons. The Hall–Kier alpha value is -2.12. The van der Waals surface area contributed by atoms with Gasteiger partial charge in [0.15, 0.2) is 9.84 Å². The number of nitriles is 1. The van der Waals surface area contributed by atoms with Gasteiger partial charge in [-0.1, -0.05) is 12.1 Å². The molecule has 0 radical (unpaired) electrons. The van der Waals surface area contributed by atoms with Gasteiger partial charge < -0.3 is 5.32 Å². The maximum atomic E-state index is 13.7. The minimum Gasteiger partial charge on any atom is -0.336 e. The summed E-state index contributed by atoms with van der Waals surface area (Å²) in [6.07, 6.45) is -0.542. The lowest BCUT2D eigenvalue weighted by Gasteiger charge is -2.26. The highest BCUT2D eigenvalue weighted by molar-refractivity contribution is 7.91. The van der Waals surface area contributed by atoms with Crippen LogP contribution < -0.4 is 10.6 Å². The molecule has 2 N–H and O–H groups in total. The van der Waals surface area contributed by atoms with Crippen LogP contribution in [-0.4, -0.2) is 43.8 Å². The van der Waals surface area contributed by atoms with Crippen LogP contribution in [0.3, 0.4) is 0 Å². The predicted molar refractivity (Wildman–Crippen MR) is 99.2 cm³/mol. The minimum atomic E-state index is -3.68. The Morgan fingerprint density at radius 3 is 2.34 bits per heavy atom. The third-order valence-corrected chi connectivity index (χ3v) is 6.93. The van der Waals surface area contributed by atoms with E-state index in [1.807, 2.05) is 6.07 Å². The van der Waals surface area contributed by atoms with E-state index in [-0.39, 0.29) is 17.2 Å². The fraction of sp³-hybridized carbons (Fsp3) is 0.579. The molecule has 0 spiro atoms. The number of hydrogen-bond acceptors (Lipinski definition) is 5. The zero-order valence-electron chi connectivity index (χ0n) is 15.6. The second-order valence-corrected chi connectivity index (χ2v) is 9.94. The average molecular weight is 429 g/mol. The Labute approximate surface area is 167 Å². The molecule has 6 nitrogen and oxygen atoms in total. The van der Waals surface area contributed by atoms with Crippen molar-refractivity contribution in [2.75, 3.05) is 11.5 Å². The molecular formula is C19H22F3N3O3S. The Kier molecular flexibility index (Phi) is 6.19. The molecule has 3 rings (SSSR count). The molecule has 0 saturated heterocycles. The molecule has 0 unspecified atom stereocenters. The fourth-order valence-corrected chi connectivity index (χ4v) is 5.02. The van der Waals surface area contributed by atoms with Crippen molar-refractivity contribution in [1.82, 2.24) is 10.6 Å². The summed E-state index contributed by atoms with van der Waals surface area (Å²) in [4.78, 5) is 12.7. The summed E-state index contributed by atoms with van der Waals surface area (Å²) in [6, 6.07) is 3.17. The van der Waals surface area contributed by atoms with Crippen molar-refractivity contribution >= 4 is 15.7 Å². The van der Waals surface area contributed by atoms with E-state index >= 15 is 0 Å². The number of carbonyl (C=O) groups excluding carboxylic acids is 1. The van der Waals surface area contributed by atoms with E-state index in [4.69, 9.17) is 5.26 Å². The van der Waals surface area contributed by atoms with Crippen LogP contribution in [0.15, 0.2) is 24.3 Å². The van der Waals surface area contributed by atoms with Gasteiger partial charge in [-0.3, -0.25) is 10.1 Å². The van der Waals surface area contributed by atoms with Crippen molar-refractivity contribution in [3.8, 4) is 6.07 Å². The number of rotatable bonds is 10. The van der Waals surface area contributed by atoms with Crippen LogP contribution in [0.5, 0.6) is 0 Å². The number of halogens is 3. The molecule has 0 heterocycles. The van der Waals surface area contributed by atoms with Crippen LogP contribution in [-0.2, 0) is 14.6 Å². The molecule has 1 aromatic carbocycles. The normalized spacial score (nSPS) is 20.0.